The molecule has 3 aromatic heterocycles. The third kappa shape index (κ3) is 6.26. The summed E-state index contributed by atoms with van der Waals surface area (Å²) in [6, 6.07) is 7.43. The van der Waals surface area contributed by atoms with Gasteiger partial charge in [0.1, 0.15) is 17.7 Å². The number of alkyl halides is 5. The number of pyridine rings is 1. The van der Waals surface area contributed by atoms with Crippen LogP contribution >= 0.6 is 0 Å². The van der Waals surface area contributed by atoms with Crippen molar-refractivity contribution in [3.05, 3.63) is 65.7 Å². The van der Waals surface area contributed by atoms with Crippen molar-refractivity contribution in [3.63, 3.8) is 0 Å². The third-order valence-electron chi connectivity index (χ3n) is 6.97. The molecule has 10 nitrogen and oxygen atoms in total. The number of nitrogens with one attached hydrogen (secondary N) is 2. The highest BCUT2D eigenvalue weighted by Crippen LogP contribution is 2.38. The minimum absolute atomic E-state index is 0.184. The van der Waals surface area contributed by atoms with Gasteiger partial charge in [0.15, 0.2) is 5.82 Å². The van der Waals surface area contributed by atoms with E-state index in [9.17, 15) is 26.7 Å². The van der Waals surface area contributed by atoms with Gasteiger partial charge < -0.3 is 15.8 Å². The quantitative estimate of drug-likeness (QED) is 0.246. The molecule has 0 atom stereocenters. The standard InChI is InChI=1S/C27H27F5N8O2/c1-42-14-19-20(13-39-10-7-26(28,29)8-11-39)40-23(24(33)35-15-36-40)22(19)16-2-4-18(5-3-16)37-25(41)38-21-12-17(6-9-34-21)27(30,31)32/h2-6,9,12,15H,7-8,10-11,13-14H2,1H3,(H2,33,35,36)(H2,34,37,38,41). The Labute approximate surface area is 236 Å². The lowest BCUT2D eigenvalue weighted by atomic mass is 10.00. The summed E-state index contributed by atoms with van der Waals surface area (Å²) >= 11 is 0. The lowest BCUT2D eigenvalue weighted by Gasteiger charge is -2.31. The molecule has 0 saturated carbocycles. The minimum Gasteiger partial charge on any atom is -0.382 e. The number of likely N-dealkylation sites (tertiary alicyclic amines) is 1. The fraction of sp³-hybridized carbons (Fsp3) is 0.333. The van der Waals surface area contributed by atoms with Crippen LogP contribution in [0.25, 0.3) is 16.6 Å². The summed E-state index contributed by atoms with van der Waals surface area (Å²) < 4.78 is 73.6. The predicted molar refractivity (Wildman–Crippen MR) is 145 cm³/mol. The molecule has 1 fully saturated rings. The molecule has 15 heteroatoms. The van der Waals surface area contributed by atoms with Crippen molar-refractivity contribution in [3.8, 4) is 11.1 Å². The van der Waals surface area contributed by atoms with Crippen molar-refractivity contribution in [2.45, 2.75) is 38.1 Å². The van der Waals surface area contributed by atoms with Crippen LogP contribution in [-0.4, -0.2) is 56.6 Å². The van der Waals surface area contributed by atoms with E-state index in [1.807, 2.05) is 4.90 Å². The average molecular weight is 591 g/mol. The topological polar surface area (TPSA) is 123 Å². The predicted octanol–water partition coefficient (Wildman–Crippen LogP) is 5.41. The van der Waals surface area contributed by atoms with Crippen molar-refractivity contribution < 1.29 is 31.5 Å². The second-order valence-corrected chi connectivity index (χ2v) is 9.86. The maximum absolute atomic E-state index is 13.8. The van der Waals surface area contributed by atoms with Crippen LogP contribution in [0.2, 0.25) is 0 Å². The zero-order chi connectivity index (χ0) is 30.1. The number of urea groups is 1. The number of rotatable bonds is 7. The van der Waals surface area contributed by atoms with Crippen LogP contribution in [0.15, 0.2) is 48.9 Å². The van der Waals surface area contributed by atoms with Crippen LogP contribution in [0, 0.1) is 0 Å². The summed E-state index contributed by atoms with van der Waals surface area (Å²) in [5, 5.41) is 9.25. The zero-order valence-corrected chi connectivity index (χ0v) is 22.4. The van der Waals surface area contributed by atoms with E-state index >= 15 is 0 Å². The molecule has 0 radical (unpaired) electrons. The SMILES string of the molecule is COCc1c(-c2ccc(NC(=O)Nc3cc(C(F)(F)F)ccn3)cc2)c2c(N)ncnn2c1CN1CCC(F)(F)CC1. The highest BCUT2D eigenvalue weighted by atomic mass is 19.4. The Morgan fingerprint density at radius 1 is 1.10 bits per heavy atom. The first-order chi connectivity index (χ1) is 19.9. The molecule has 1 saturated heterocycles. The molecule has 1 aromatic carbocycles. The molecule has 1 aliphatic heterocycles. The molecule has 0 aliphatic carbocycles. The number of anilines is 3. The number of hydrogen-bond donors (Lipinski definition) is 3. The number of nitrogen functional groups attached to an aromatic ring is 1. The Morgan fingerprint density at radius 2 is 1.81 bits per heavy atom. The number of fused-ring (bicyclic) bond motifs is 1. The third-order valence-corrected chi connectivity index (χ3v) is 6.97. The smallest absolute Gasteiger partial charge is 0.382 e. The summed E-state index contributed by atoms with van der Waals surface area (Å²) in [6.07, 6.45) is -2.76. The van der Waals surface area contributed by atoms with E-state index in [2.05, 4.69) is 25.7 Å². The first-order valence-electron chi connectivity index (χ1n) is 12.9. The van der Waals surface area contributed by atoms with E-state index in [0.29, 0.717) is 28.9 Å². The highest BCUT2D eigenvalue weighted by molar-refractivity contribution is 5.99. The van der Waals surface area contributed by atoms with Crippen LogP contribution in [0.1, 0.15) is 29.7 Å². The Bertz CT molecular complexity index is 1580. The van der Waals surface area contributed by atoms with Gasteiger partial charge in [0.2, 0.25) is 0 Å². The second-order valence-electron chi connectivity index (χ2n) is 9.86. The van der Waals surface area contributed by atoms with Crippen LogP contribution in [0.3, 0.4) is 0 Å². The summed E-state index contributed by atoms with van der Waals surface area (Å²) in [6.45, 7) is 0.974. The van der Waals surface area contributed by atoms with Gasteiger partial charge in [-0.25, -0.2) is 28.1 Å². The fourth-order valence-corrected chi connectivity index (χ4v) is 4.92. The number of halogens is 5. The van der Waals surface area contributed by atoms with Crippen molar-refractivity contribution in [1.29, 1.82) is 0 Å². The molecule has 4 N–H and O–H groups in total. The van der Waals surface area contributed by atoms with E-state index in [0.717, 1.165) is 29.6 Å². The molecule has 4 heterocycles. The molecule has 1 aliphatic rings. The van der Waals surface area contributed by atoms with E-state index in [1.54, 1.807) is 28.8 Å². The summed E-state index contributed by atoms with van der Waals surface area (Å²) in [4.78, 5) is 22.3. The number of carbonyl (C=O) groups excluding carboxylic acids is 1. The zero-order valence-electron chi connectivity index (χ0n) is 22.4. The molecule has 42 heavy (non-hydrogen) atoms. The maximum Gasteiger partial charge on any atom is 0.416 e. The van der Waals surface area contributed by atoms with Crippen molar-refractivity contribution >= 4 is 28.9 Å². The van der Waals surface area contributed by atoms with E-state index in [1.165, 1.54) is 13.4 Å². The largest absolute Gasteiger partial charge is 0.416 e. The van der Waals surface area contributed by atoms with Gasteiger partial charge in [-0.1, -0.05) is 12.1 Å². The number of ether oxygens (including phenoxy) is 1. The molecular formula is C27H27F5N8O2. The lowest BCUT2D eigenvalue weighted by Crippen LogP contribution is -2.39. The van der Waals surface area contributed by atoms with Crippen molar-refractivity contribution in [2.75, 3.05) is 36.6 Å². The number of piperidine rings is 1. The number of hydrogen-bond acceptors (Lipinski definition) is 7. The molecule has 0 unspecified atom stereocenters. The lowest BCUT2D eigenvalue weighted by molar-refractivity contribution is -0.137. The van der Waals surface area contributed by atoms with E-state index in [-0.39, 0.29) is 44.2 Å². The summed E-state index contributed by atoms with van der Waals surface area (Å²) in [7, 11) is 1.54. The number of aromatic nitrogens is 4. The van der Waals surface area contributed by atoms with Crippen LogP contribution in [-0.2, 0) is 24.1 Å². The monoisotopic (exact) mass is 590 g/mol. The van der Waals surface area contributed by atoms with Crippen LogP contribution in [0.5, 0.6) is 0 Å². The second kappa shape index (κ2) is 11.5. The highest BCUT2D eigenvalue weighted by Gasteiger charge is 2.35. The average Bonchev–Trinajstić information content (AvgIpc) is 3.24. The molecule has 0 spiro atoms. The fourth-order valence-electron chi connectivity index (χ4n) is 4.92. The van der Waals surface area contributed by atoms with Gasteiger partial charge in [0, 0.05) is 62.6 Å². The van der Waals surface area contributed by atoms with Gasteiger partial charge in [0.25, 0.3) is 5.92 Å². The van der Waals surface area contributed by atoms with Gasteiger partial charge >= 0.3 is 12.2 Å². The molecule has 4 aromatic rings. The van der Waals surface area contributed by atoms with Gasteiger partial charge in [-0.05, 0) is 29.8 Å². The van der Waals surface area contributed by atoms with Gasteiger partial charge in [-0.3, -0.25) is 10.2 Å². The minimum atomic E-state index is -4.58. The number of methoxy groups -OCH3 is 1. The molecule has 222 valence electrons. The Kier molecular flexibility index (Phi) is 7.97. The maximum atomic E-state index is 13.8. The van der Waals surface area contributed by atoms with Crippen LogP contribution in [0.4, 0.5) is 44.1 Å². The normalized spacial score (nSPS) is 15.6. The first kappa shape index (κ1) is 29.1. The number of amides is 2. The van der Waals surface area contributed by atoms with E-state index < -0.39 is 23.7 Å². The van der Waals surface area contributed by atoms with Gasteiger partial charge in [0.05, 0.1) is 17.9 Å². The number of nitrogens with zero attached hydrogens (tertiary/aromatic N) is 5. The van der Waals surface area contributed by atoms with Gasteiger partial charge in [-0.15, -0.1) is 0 Å². The van der Waals surface area contributed by atoms with E-state index in [4.69, 9.17) is 10.5 Å². The molecule has 5 rings (SSSR count). The summed E-state index contributed by atoms with van der Waals surface area (Å²) in [5.41, 5.74) is 9.11. The van der Waals surface area contributed by atoms with Crippen molar-refractivity contribution in [2.24, 2.45) is 0 Å². The Balaban J connectivity index is 1.41. The number of carbonyl (C=O) groups is 1. The van der Waals surface area contributed by atoms with Crippen LogP contribution < -0.4 is 16.4 Å². The molecular weight excluding hydrogens is 563 g/mol. The Morgan fingerprint density at radius 3 is 2.48 bits per heavy atom. The Hall–Kier alpha value is -4.37. The molecule has 0 bridgehead atoms. The van der Waals surface area contributed by atoms with Gasteiger partial charge in [-0.2, -0.15) is 18.3 Å². The molecule has 2 amide bonds. The number of benzene rings is 1. The number of nitrogens with two attached hydrogens (primary N) is 1. The summed E-state index contributed by atoms with van der Waals surface area (Å²) in [5.74, 6) is -2.73. The first-order valence-corrected chi connectivity index (χ1v) is 12.9. The van der Waals surface area contributed by atoms with Crippen molar-refractivity contribution in [1.82, 2.24) is 24.5 Å².